The molecule has 1 N–H and O–H groups in total. The zero-order chi connectivity index (χ0) is 13.7. The lowest BCUT2D eigenvalue weighted by Crippen LogP contribution is -2.26. The molecule has 0 aromatic carbocycles. The van der Waals surface area contributed by atoms with E-state index < -0.39 is 0 Å². The van der Waals surface area contributed by atoms with Gasteiger partial charge in [-0.1, -0.05) is 0 Å². The van der Waals surface area contributed by atoms with Crippen molar-refractivity contribution >= 4 is 5.91 Å². The summed E-state index contributed by atoms with van der Waals surface area (Å²) < 4.78 is 0. The normalized spacial score (nSPS) is 19.1. The van der Waals surface area contributed by atoms with E-state index >= 15 is 0 Å². The summed E-state index contributed by atoms with van der Waals surface area (Å²) in [7, 11) is 2.12. The molecule has 1 aromatic rings. The van der Waals surface area contributed by atoms with Gasteiger partial charge in [-0.2, -0.15) is 5.26 Å². The van der Waals surface area contributed by atoms with Gasteiger partial charge in [0.1, 0.15) is 11.8 Å². The van der Waals surface area contributed by atoms with Crippen molar-refractivity contribution in [2.45, 2.75) is 12.8 Å². The summed E-state index contributed by atoms with van der Waals surface area (Å²) in [6.45, 7) is 2.94. The summed E-state index contributed by atoms with van der Waals surface area (Å²) >= 11 is 0. The Morgan fingerprint density at radius 1 is 1.68 bits per heavy atom. The summed E-state index contributed by atoms with van der Waals surface area (Å²) in [6.07, 6.45) is 3.70. The molecule has 0 bridgehead atoms. The number of nitrogens with one attached hydrogen (secondary N) is 1. The van der Waals surface area contributed by atoms with E-state index in [0.717, 1.165) is 19.5 Å². The Bertz CT molecular complexity index is 494. The fourth-order valence-corrected chi connectivity index (χ4v) is 2.39. The van der Waals surface area contributed by atoms with Gasteiger partial charge in [-0.15, -0.1) is 0 Å². The standard InChI is InChI=1S/C14H18N4O/c1-18-7-4-11(10-18)2-5-17-14(19)12-3-6-16-13(8-12)9-15/h3,6,8,11H,2,4-5,7,10H2,1H3,(H,17,19). The SMILES string of the molecule is CN1CCC(CCNC(=O)c2ccnc(C#N)c2)C1. The van der Waals surface area contributed by atoms with Crippen LogP contribution in [-0.2, 0) is 0 Å². The number of carbonyl (C=O) groups excluding carboxylic acids is 1. The summed E-state index contributed by atoms with van der Waals surface area (Å²) in [5, 5.41) is 11.6. The van der Waals surface area contributed by atoms with Crippen LogP contribution in [0.4, 0.5) is 0 Å². The van der Waals surface area contributed by atoms with Gasteiger partial charge in [-0.25, -0.2) is 4.98 Å². The van der Waals surface area contributed by atoms with E-state index in [-0.39, 0.29) is 11.6 Å². The van der Waals surface area contributed by atoms with Gasteiger partial charge >= 0.3 is 0 Å². The maximum atomic E-state index is 11.9. The number of pyridine rings is 1. The van der Waals surface area contributed by atoms with Crippen molar-refractivity contribution in [2.75, 3.05) is 26.7 Å². The molecule has 1 atom stereocenters. The maximum Gasteiger partial charge on any atom is 0.251 e. The first kappa shape index (κ1) is 13.5. The first-order valence-electron chi connectivity index (χ1n) is 6.52. The number of aromatic nitrogens is 1. The van der Waals surface area contributed by atoms with Gasteiger partial charge in [-0.3, -0.25) is 4.79 Å². The Morgan fingerprint density at radius 2 is 2.53 bits per heavy atom. The summed E-state index contributed by atoms with van der Waals surface area (Å²) in [4.78, 5) is 18.1. The second-order valence-electron chi connectivity index (χ2n) is 5.00. The Labute approximate surface area is 113 Å². The zero-order valence-corrected chi connectivity index (χ0v) is 11.1. The van der Waals surface area contributed by atoms with E-state index in [1.165, 1.54) is 18.7 Å². The number of amides is 1. The van der Waals surface area contributed by atoms with E-state index in [9.17, 15) is 4.79 Å². The molecule has 19 heavy (non-hydrogen) atoms. The van der Waals surface area contributed by atoms with Crippen molar-refractivity contribution in [1.82, 2.24) is 15.2 Å². The van der Waals surface area contributed by atoms with Crippen molar-refractivity contribution in [2.24, 2.45) is 5.92 Å². The summed E-state index contributed by atoms with van der Waals surface area (Å²) in [5.74, 6) is 0.544. The number of carbonyl (C=O) groups is 1. The van der Waals surface area contributed by atoms with Crippen molar-refractivity contribution in [3.8, 4) is 6.07 Å². The number of hydrogen-bond donors (Lipinski definition) is 1. The first-order valence-corrected chi connectivity index (χ1v) is 6.52. The molecular formula is C14H18N4O. The van der Waals surface area contributed by atoms with Crippen LogP contribution in [0.25, 0.3) is 0 Å². The lowest BCUT2D eigenvalue weighted by Gasteiger charge is -2.11. The number of nitrogens with zero attached hydrogens (tertiary/aromatic N) is 3. The number of likely N-dealkylation sites (tertiary alicyclic amines) is 1. The van der Waals surface area contributed by atoms with E-state index in [4.69, 9.17) is 5.26 Å². The Kier molecular flexibility index (Phi) is 4.48. The first-order chi connectivity index (χ1) is 9.19. The lowest BCUT2D eigenvalue weighted by atomic mass is 10.1. The van der Waals surface area contributed by atoms with Crippen LogP contribution in [0, 0.1) is 17.2 Å². The molecule has 1 amide bonds. The molecule has 1 saturated heterocycles. The average Bonchev–Trinajstić information content (AvgIpc) is 2.84. The minimum Gasteiger partial charge on any atom is -0.352 e. The molecule has 1 aromatic heterocycles. The minimum absolute atomic E-state index is 0.134. The molecule has 0 saturated carbocycles. The molecular weight excluding hydrogens is 240 g/mol. The predicted molar refractivity (Wildman–Crippen MR) is 71.5 cm³/mol. The summed E-state index contributed by atoms with van der Waals surface area (Å²) in [5.41, 5.74) is 0.764. The van der Waals surface area contributed by atoms with E-state index in [0.29, 0.717) is 18.0 Å². The van der Waals surface area contributed by atoms with Gasteiger partial charge < -0.3 is 10.2 Å². The van der Waals surface area contributed by atoms with Crippen molar-refractivity contribution in [1.29, 1.82) is 5.26 Å². The maximum absolute atomic E-state index is 11.9. The molecule has 1 aliphatic rings. The van der Waals surface area contributed by atoms with Gasteiger partial charge in [0.25, 0.3) is 5.91 Å². The predicted octanol–water partition coefficient (Wildman–Crippen LogP) is 1.02. The number of rotatable bonds is 4. The van der Waals surface area contributed by atoms with E-state index in [2.05, 4.69) is 22.2 Å². The second-order valence-corrected chi connectivity index (χ2v) is 5.00. The molecule has 2 heterocycles. The fourth-order valence-electron chi connectivity index (χ4n) is 2.39. The monoisotopic (exact) mass is 258 g/mol. The smallest absolute Gasteiger partial charge is 0.251 e. The molecule has 1 fully saturated rings. The van der Waals surface area contributed by atoms with Crippen LogP contribution in [-0.4, -0.2) is 42.5 Å². The molecule has 1 unspecified atom stereocenters. The van der Waals surface area contributed by atoms with Crippen LogP contribution in [0.5, 0.6) is 0 Å². The third-order valence-corrected chi connectivity index (χ3v) is 3.46. The second kappa shape index (κ2) is 6.30. The molecule has 100 valence electrons. The van der Waals surface area contributed by atoms with Crippen LogP contribution in [0.3, 0.4) is 0 Å². The van der Waals surface area contributed by atoms with Gasteiger partial charge in [0, 0.05) is 24.8 Å². The van der Waals surface area contributed by atoms with E-state index in [1.54, 1.807) is 6.07 Å². The number of hydrogen-bond acceptors (Lipinski definition) is 4. The quantitative estimate of drug-likeness (QED) is 0.875. The molecule has 5 nitrogen and oxygen atoms in total. The van der Waals surface area contributed by atoms with E-state index in [1.807, 2.05) is 6.07 Å². The highest BCUT2D eigenvalue weighted by Crippen LogP contribution is 2.17. The Balaban J connectivity index is 1.79. The Morgan fingerprint density at radius 3 is 3.21 bits per heavy atom. The average molecular weight is 258 g/mol. The van der Waals surface area contributed by atoms with Gasteiger partial charge in [0.15, 0.2) is 0 Å². The fraction of sp³-hybridized carbons (Fsp3) is 0.500. The minimum atomic E-state index is -0.134. The van der Waals surface area contributed by atoms with Gasteiger partial charge in [0.2, 0.25) is 0 Å². The van der Waals surface area contributed by atoms with Crippen LogP contribution in [0.15, 0.2) is 18.3 Å². The molecule has 0 spiro atoms. The van der Waals surface area contributed by atoms with Crippen LogP contribution >= 0.6 is 0 Å². The molecule has 5 heteroatoms. The topological polar surface area (TPSA) is 69.0 Å². The van der Waals surface area contributed by atoms with Crippen LogP contribution in [0.2, 0.25) is 0 Å². The molecule has 2 rings (SSSR count). The van der Waals surface area contributed by atoms with Crippen LogP contribution in [0.1, 0.15) is 28.9 Å². The molecule has 1 aliphatic heterocycles. The zero-order valence-electron chi connectivity index (χ0n) is 11.1. The third-order valence-electron chi connectivity index (χ3n) is 3.46. The number of nitriles is 1. The molecule has 0 aliphatic carbocycles. The van der Waals surface area contributed by atoms with Crippen molar-refractivity contribution in [3.05, 3.63) is 29.6 Å². The van der Waals surface area contributed by atoms with Gasteiger partial charge in [-0.05, 0) is 44.5 Å². The van der Waals surface area contributed by atoms with Crippen LogP contribution < -0.4 is 5.32 Å². The molecule has 0 radical (unpaired) electrons. The van der Waals surface area contributed by atoms with Crippen molar-refractivity contribution in [3.63, 3.8) is 0 Å². The third kappa shape index (κ3) is 3.76. The summed E-state index contributed by atoms with van der Waals surface area (Å²) in [6, 6.07) is 5.07. The largest absolute Gasteiger partial charge is 0.352 e. The highest BCUT2D eigenvalue weighted by molar-refractivity contribution is 5.94. The van der Waals surface area contributed by atoms with Crippen molar-refractivity contribution < 1.29 is 4.79 Å². The lowest BCUT2D eigenvalue weighted by molar-refractivity contribution is 0.0951. The van der Waals surface area contributed by atoms with Gasteiger partial charge in [0.05, 0.1) is 0 Å². The highest BCUT2D eigenvalue weighted by atomic mass is 16.1. The Hall–Kier alpha value is -1.93. The highest BCUT2D eigenvalue weighted by Gasteiger charge is 2.19.